The van der Waals surface area contributed by atoms with Crippen LogP contribution in [0.15, 0.2) is 36.0 Å². The molecular formula is C48H82N18O13. The summed E-state index contributed by atoms with van der Waals surface area (Å²) < 4.78 is 0. The number of rotatable bonds is 37. The molecule has 1 aromatic carbocycles. The van der Waals surface area contributed by atoms with Crippen molar-refractivity contribution in [3.8, 4) is 0 Å². The zero-order chi connectivity index (χ0) is 59.2. The average molecular weight is 1120 g/mol. The second-order valence-electron chi connectivity index (χ2n) is 18.6. The Morgan fingerprint density at radius 2 is 1.30 bits per heavy atom. The lowest BCUT2D eigenvalue weighted by Gasteiger charge is -2.30. The smallest absolute Gasteiger partial charge is 0.352 e. The minimum atomic E-state index is -1.84. The van der Waals surface area contributed by atoms with E-state index in [9.17, 15) is 63.3 Å². The van der Waals surface area contributed by atoms with Gasteiger partial charge in [-0.3, -0.25) is 48.6 Å². The standard InChI is InChI=1S/C48H82N18O13/c49-16-3-1-11-28(54)40(71)64-38(35(68)24-53)45(76)65-37(34(67)23-52)44(75)59-25-36(69)60-30(13-6-18-51)46(77)66-20-8-15-33(66)43(74)63-32(22-26-9-5-10-27(21-26)39(55)70)42(73)61-29(12-2-4-17-50)41(72)62-31(47(78)79)14-7-19-58-48(56)57/h5,9-10,14,21,28-30,32-35,37-38,67-68H,1-4,6-8,11-13,15-20,22-25,49-54H2,(H2,55,70)(H,59,75)(H,60,69)(H,61,73)(H,62,72)(H,63,74)(H,64,71)(H,65,76)(H,78,79)(H4,56,57,58)/b31-14-/t28-,29-,30+,32?,33-,34-,35-,37-,38-/m0/s1. The van der Waals surface area contributed by atoms with Crippen molar-refractivity contribution in [2.45, 2.75) is 132 Å². The van der Waals surface area contributed by atoms with E-state index in [0.717, 1.165) is 0 Å². The highest BCUT2D eigenvalue weighted by molar-refractivity contribution is 5.99. The largest absolute Gasteiger partial charge is 0.477 e. The van der Waals surface area contributed by atoms with E-state index in [0.29, 0.717) is 44.2 Å². The number of unbranched alkanes of at least 4 members (excludes halogenated alkanes) is 2. The minimum absolute atomic E-state index is 0.0169. The number of carboxylic acid groups (broad SMARTS) is 1. The summed E-state index contributed by atoms with van der Waals surface area (Å²) in [7, 11) is 0. The number of aliphatic carboxylic acids is 1. The first kappa shape index (κ1) is 67.7. The molecule has 1 heterocycles. The number of benzene rings is 1. The van der Waals surface area contributed by atoms with Gasteiger partial charge in [0.2, 0.25) is 53.2 Å². The number of carbonyl (C=O) groups excluding carboxylic acids is 9. The first-order chi connectivity index (χ1) is 37.5. The summed E-state index contributed by atoms with van der Waals surface area (Å²) in [5.74, 6) is -10.0. The summed E-state index contributed by atoms with van der Waals surface area (Å²) in [5.41, 5.74) is 44.8. The van der Waals surface area contributed by atoms with Gasteiger partial charge in [0.05, 0.1) is 24.8 Å². The number of nitrogens with zero attached hydrogens (tertiary/aromatic N) is 1. The third-order valence-electron chi connectivity index (χ3n) is 12.5. The van der Waals surface area contributed by atoms with Crippen LogP contribution in [-0.2, 0) is 49.6 Å². The molecular weight excluding hydrogens is 1040 g/mol. The molecule has 31 heteroatoms. The van der Waals surface area contributed by atoms with Crippen molar-refractivity contribution in [3.05, 3.63) is 47.2 Å². The quantitative estimate of drug-likeness (QED) is 0.0127. The van der Waals surface area contributed by atoms with Crippen molar-refractivity contribution >= 4 is 65.1 Å². The Labute approximate surface area is 457 Å². The number of primary amides is 1. The summed E-state index contributed by atoms with van der Waals surface area (Å²) in [6.07, 6.45) is 0.0548. The molecule has 1 aliphatic heterocycles. The van der Waals surface area contributed by atoms with E-state index < -0.39 is 139 Å². The lowest BCUT2D eigenvalue weighted by Crippen LogP contribution is -2.63. The Morgan fingerprint density at radius 1 is 0.696 bits per heavy atom. The van der Waals surface area contributed by atoms with Crippen molar-refractivity contribution in [3.63, 3.8) is 0 Å². The predicted molar refractivity (Wildman–Crippen MR) is 287 cm³/mol. The van der Waals surface area contributed by atoms with Gasteiger partial charge in [0, 0.05) is 38.2 Å². The average Bonchev–Trinajstić information content (AvgIpc) is 3.92. The molecule has 9 atom stereocenters. The second-order valence-corrected chi connectivity index (χ2v) is 18.6. The number of hydrogen-bond acceptors (Lipinski definition) is 19. The minimum Gasteiger partial charge on any atom is -0.477 e. The number of carboxylic acids is 1. The van der Waals surface area contributed by atoms with Gasteiger partial charge < -0.3 is 109 Å². The molecule has 79 heavy (non-hydrogen) atoms. The van der Waals surface area contributed by atoms with Crippen LogP contribution in [0.25, 0.3) is 0 Å². The van der Waals surface area contributed by atoms with Gasteiger partial charge in [-0.1, -0.05) is 24.6 Å². The van der Waals surface area contributed by atoms with Crippen molar-refractivity contribution in [1.29, 1.82) is 5.41 Å². The number of guanidine groups is 1. The fraction of sp³-hybridized carbons (Fsp3) is 0.604. The zero-order valence-corrected chi connectivity index (χ0v) is 44.2. The van der Waals surface area contributed by atoms with Gasteiger partial charge in [-0.25, -0.2) is 4.79 Å². The Balaban J connectivity index is 2.37. The fourth-order valence-corrected chi connectivity index (χ4v) is 8.13. The van der Waals surface area contributed by atoms with Crippen LogP contribution in [0, 0.1) is 5.41 Å². The molecule has 2 rings (SSSR count). The maximum absolute atomic E-state index is 14.3. The summed E-state index contributed by atoms with van der Waals surface area (Å²) in [6, 6.07) is -4.19. The molecule has 1 aliphatic rings. The van der Waals surface area contributed by atoms with Gasteiger partial charge in [0.25, 0.3) is 0 Å². The molecule has 1 aromatic rings. The third-order valence-corrected chi connectivity index (χ3v) is 12.5. The van der Waals surface area contributed by atoms with Crippen LogP contribution < -0.4 is 88.4 Å². The molecule has 31 nitrogen and oxygen atoms in total. The van der Waals surface area contributed by atoms with Gasteiger partial charge in [-0.2, -0.15) is 0 Å². The highest BCUT2D eigenvalue weighted by Crippen LogP contribution is 2.21. The Morgan fingerprint density at radius 3 is 1.90 bits per heavy atom. The number of nitrogens with one attached hydrogen (secondary N) is 9. The topological polar surface area (TPSA) is 563 Å². The number of hydrogen-bond donors (Lipinski definition) is 20. The number of amides is 9. The third kappa shape index (κ3) is 23.6. The zero-order valence-electron chi connectivity index (χ0n) is 44.2. The normalized spacial score (nSPS) is 16.3. The van der Waals surface area contributed by atoms with E-state index in [1.807, 2.05) is 0 Å². The Hall–Kier alpha value is -7.39. The summed E-state index contributed by atoms with van der Waals surface area (Å²) >= 11 is 0. The Bertz CT molecular complexity index is 2270. The van der Waals surface area contributed by atoms with Crippen LogP contribution in [-0.4, -0.2) is 192 Å². The molecule has 9 amide bonds. The molecule has 0 bridgehead atoms. The molecule has 0 saturated carbocycles. The molecule has 1 fully saturated rings. The van der Waals surface area contributed by atoms with Crippen LogP contribution in [0.5, 0.6) is 0 Å². The number of carbonyl (C=O) groups is 10. The van der Waals surface area contributed by atoms with Gasteiger partial charge in [-0.15, -0.1) is 0 Å². The number of nitrogens with two attached hydrogens (primary N) is 8. The van der Waals surface area contributed by atoms with Crippen molar-refractivity contribution in [2.24, 2.45) is 45.9 Å². The maximum atomic E-state index is 14.3. The van der Waals surface area contributed by atoms with Crippen LogP contribution >= 0.6 is 0 Å². The monoisotopic (exact) mass is 1120 g/mol. The van der Waals surface area contributed by atoms with E-state index in [1.165, 1.54) is 29.2 Å². The van der Waals surface area contributed by atoms with Crippen LogP contribution in [0.3, 0.4) is 0 Å². The maximum Gasteiger partial charge on any atom is 0.352 e. The second kappa shape index (κ2) is 35.9. The van der Waals surface area contributed by atoms with Gasteiger partial charge in [0.1, 0.15) is 41.9 Å². The summed E-state index contributed by atoms with van der Waals surface area (Å²) in [4.78, 5) is 135. The molecule has 1 unspecified atom stereocenters. The van der Waals surface area contributed by atoms with Crippen LogP contribution in [0.1, 0.15) is 86.6 Å². The van der Waals surface area contributed by atoms with Crippen LogP contribution in [0.2, 0.25) is 0 Å². The summed E-state index contributed by atoms with van der Waals surface area (Å²) in [6.45, 7) is -1.17. The lowest BCUT2D eigenvalue weighted by atomic mass is 10.0. The van der Waals surface area contributed by atoms with Crippen molar-refractivity contribution in [2.75, 3.05) is 52.4 Å². The SMILES string of the molecule is N=C(N)NCC/C=C(\NC(=O)[C@H](CCCCN)NC(=O)C(Cc1cccc(C(N)=O)c1)NC(=O)[C@@H]1CCCN1C(=O)[C@@H](CCCN)NC(=O)CNC(=O)[C@@H](NC(=O)[C@@H](NC(=O)[C@@H](N)CCCCN)[C@@H](O)CN)[C@@H](O)CN)C(=O)O. The van der Waals surface area contributed by atoms with E-state index >= 15 is 0 Å². The fourth-order valence-electron chi connectivity index (χ4n) is 8.13. The van der Waals surface area contributed by atoms with E-state index in [-0.39, 0.29) is 82.6 Å². The molecule has 0 aromatic heterocycles. The number of likely N-dealkylation sites (tertiary alicyclic amines) is 1. The van der Waals surface area contributed by atoms with E-state index in [1.54, 1.807) is 6.07 Å². The molecule has 442 valence electrons. The summed E-state index contributed by atoms with van der Waals surface area (Å²) in [5, 5.41) is 57.7. The molecule has 1 saturated heterocycles. The van der Waals surface area contributed by atoms with E-state index in [2.05, 4.69) is 42.5 Å². The van der Waals surface area contributed by atoms with Crippen molar-refractivity contribution < 1.29 is 63.3 Å². The lowest BCUT2D eigenvalue weighted by molar-refractivity contribution is -0.142. The molecule has 0 aliphatic carbocycles. The Kier molecular flexibility index (Phi) is 30.8. The first-order valence-electron chi connectivity index (χ1n) is 26.0. The van der Waals surface area contributed by atoms with Crippen molar-refractivity contribution in [1.82, 2.24) is 47.4 Å². The highest BCUT2D eigenvalue weighted by atomic mass is 16.4. The number of aliphatic hydroxyl groups is 2. The molecule has 28 N–H and O–H groups in total. The van der Waals surface area contributed by atoms with E-state index in [4.69, 9.17) is 51.3 Å². The number of aliphatic hydroxyl groups excluding tert-OH is 2. The highest BCUT2D eigenvalue weighted by Gasteiger charge is 2.40. The molecule has 0 radical (unpaired) electrons. The van der Waals surface area contributed by atoms with Crippen LogP contribution in [0.4, 0.5) is 0 Å². The predicted octanol–water partition coefficient (Wildman–Crippen LogP) is -8.22. The molecule has 0 spiro atoms. The van der Waals surface area contributed by atoms with Gasteiger partial charge >= 0.3 is 5.97 Å². The first-order valence-corrected chi connectivity index (χ1v) is 26.0. The van der Waals surface area contributed by atoms with Gasteiger partial charge in [-0.05, 0) is 102 Å². The van der Waals surface area contributed by atoms with Gasteiger partial charge in [0.15, 0.2) is 5.96 Å².